The summed E-state index contributed by atoms with van der Waals surface area (Å²) in [5, 5.41) is 3.58. The van der Waals surface area contributed by atoms with Gasteiger partial charge in [0.1, 0.15) is 0 Å². The van der Waals surface area contributed by atoms with Gasteiger partial charge in [-0.05, 0) is 24.3 Å². The van der Waals surface area contributed by atoms with Crippen LogP contribution in [0.2, 0.25) is 5.02 Å². The molecule has 1 fully saturated rings. The van der Waals surface area contributed by atoms with Crippen LogP contribution in [0.4, 0.5) is 5.69 Å². The lowest BCUT2D eigenvalue weighted by Crippen LogP contribution is -3.15. The maximum Gasteiger partial charge on any atom is 0.275 e. The van der Waals surface area contributed by atoms with Crippen molar-refractivity contribution in [2.24, 2.45) is 0 Å². The first-order chi connectivity index (χ1) is 9.69. The Bertz CT molecular complexity index is 453. The number of amides is 1. The summed E-state index contributed by atoms with van der Waals surface area (Å²) < 4.78 is 0. The van der Waals surface area contributed by atoms with Crippen LogP contribution in [0.5, 0.6) is 0 Å². The van der Waals surface area contributed by atoms with Crippen LogP contribution in [0, 0.1) is 0 Å². The first-order valence-electron chi connectivity index (χ1n) is 6.90. The Morgan fingerprint density at radius 3 is 2.60 bits per heavy atom. The van der Waals surface area contributed by atoms with Gasteiger partial charge >= 0.3 is 0 Å². The number of carbonyl (C=O) groups is 1. The van der Waals surface area contributed by atoms with Gasteiger partial charge in [-0.3, -0.25) is 4.79 Å². The molecule has 0 unspecified atom stereocenters. The van der Waals surface area contributed by atoms with Gasteiger partial charge in [-0.25, -0.2) is 0 Å². The molecule has 1 aliphatic heterocycles. The third kappa shape index (κ3) is 4.25. The highest BCUT2D eigenvalue weighted by Crippen LogP contribution is 2.17. The van der Waals surface area contributed by atoms with Crippen LogP contribution in [0.3, 0.4) is 0 Å². The van der Waals surface area contributed by atoms with E-state index in [4.69, 9.17) is 11.6 Å². The fraction of sp³-hybridized carbons (Fsp3) is 0.400. The second-order valence-corrected chi connectivity index (χ2v) is 5.42. The van der Waals surface area contributed by atoms with Gasteiger partial charge in [0, 0.05) is 17.3 Å². The van der Waals surface area contributed by atoms with Gasteiger partial charge in [0.2, 0.25) is 0 Å². The number of benzene rings is 1. The summed E-state index contributed by atoms with van der Waals surface area (Å²) in [6.45, 7) is 8.56. The molecule has 1 aromatic carbocycles. The lowest BCUT2D eigenvalue weighted by molar-refractivity contribution is -0.892. The first kappa shape index (κ1) is 14.9. The van der Waals surface area contributed by atoms with E-state index in [2.05, 4.69) is 16.8 Å². The van der Waals surface area contributed by atoms with Crippen molar-refractivity contribution in [3.05, 3.63) is 41.9 Å². The first-order valence-corrected chi connectivity index (χ1v) is 7.28. The number of hydrogen-bond acceptors (Lipinski definition) is 2. The van der Waals surface area contributed by atoms with Gasteiger partial charge in [-0.15, -0.1) is 6.58 Å². The molecule has 2 rings (SSSR count). The molecule has 1 heterocycles. The quantitative estimate of drug-likeness (QED) is 0.769. The zero-order chi connectivity index (χ0) is 14.4. The van der Waals surface area contributed by atoms with Crippen LogP contribution in [0.15, 0.2) is 36.9 Å². The van der Waals surface area contributed by atoms with Crippen molar-refractivity contribution in [3.63, 3.8) is 0 Å². The second-order valence-electron chi connectivity index (χ2n) is 4.98. The molecule has 0 spiro atoms. The second kappa shape index (κ2) is 7.31. The minimum atomic E-state index is 0.0971. The largest absolute Gasteiger partial charge is 0.360 e. The number of hydrogen-bond donors (Lipinski definition) is 2. The predicted molar refractivity (Wildman–Crippen MR) is 82.4 cm³/mol. The van der Waals surface area contributed by atoms with Crippen molar-refractivity contribution >= 4 is 23.2 Å². The summed E-state index contributed by atoms with van der Waals surface area (Å²) in [5.74, 6) is 0.0971. The van der Waals surface area contributed by atoms with E-state index in [-0.39, 0.29) is 5.91 Å². The third-order valence-corrected chi connectivity index (χ3v) is 3.77. The summed E-state index contributed by atoms with van der Waals surface area (Å²) >= 11 is 5.90. The number of rotatable bonds is 5. The summed E-state index contributed by atoms with van der Waals surface area (Å²) in [6.07, 6.45) is 1.70. The fourth-order valence-electron chi connectivity index (χ4n) is 2.39. The van der Waals surface area contributed by atoms with E-state index in [1.807, 2.05) is 24.3 Å². The van der Waals surface area contributed by atoms with Gasteiger partial charge < -0.3 is 15.1 Å². The average molecular weight is 295 g/mol. The molecule has 1 aliphatic rings. The SMILES string of the molecule is C=CCNC(=O)C[NH+]1CCN(c2ccc(Cl)cc2)CC1. The predicted octanol–water partition coefficient (Wildman–Crippen LogP) is 0.347. The van der Waals surface area contributed by atoms with E-state index < -0.39 is 0 Å². The lowest BCUT2D eigenvalue weighted by atomic mass is 10.2. The van der Waals surface area contributed by atoms with E-state index in [9.17, 15) is 4.79 Å². The minimum Gasteiger partial charge on any atom is -0.360 e. The number of nitrogens with one attached hydrogen (secondary N) is 2. The van der Waals surface area contributed by atoms with Crippen LogP contribution in [-0.4, -0.2) is 45.2 Å². The molecule has 1 saturated heterocycles. The molecular formula is C15H21ClN3O+. The van der Waals surface area contributed by atoms with Crippen molar-refractivity contribution in [2.45, 2.75) is 0 Å². The number of piperazine rings is 1. The van der Waals surface area contributed by atoms with E-state index in [1.54, 1.807) is 6.08 Å². The topological polar surface area (TPSA) is 36.8 Å². The molecule has 4 nitrogen and oxygen atoms in total. The molecule has 108 valence electrons. The Balaban J connectivity index is 1.78. The Labute approximate surface area is 125 Å². The molecule has 0 atom stereocenters. The van der Waals surface area contributed by atoms with E-state index in [0.717, 1.165) is 31.2 Å². The molecule has 1 aromatic rings. The van der Waals surface area contributed by atoms with Crippen molar-refractivity contribution < 1.29 is 9.69 Å². The molecule has 5 heteroatoms. The summed E-state index contributed by atoms with van der Waals surface area (Å²) in [4.78, 5) is 15.3. The van der Waals surface area contributed by atoms with Gasteiger partial charge in [0.05, 0.1) is 26.2 Å². The number of carbonyl (C=O) groups excluding carboxylic acids is 1. The summed E-state index contributed by atoms with van der Waals surface area (Å²) in [5.41, 5.74) is 1.20. The lowest BCUT2D eigenvalue weighted by Gasteiger charge is -2.33. The van der Waals surface area contributed by atoms with Gasteiger partial charge in [0.15, 0.2) is 6.54 Å². The Morgan fingerprint density at radius 1 is 1.35 bits per heavy atom. The van der Waals surface area contributed by atoms with Crippen LogP contribution in [0.25, 0.3) is 0 Å². The number of quaternary nitrogens is 1. The molecule has 0 aliphatic carbocycles. The van der Waals surface area contributed by atoms with Crippen LogP contribution >= 0.6 is 11.6 Å². The maximum atomic E-state index is 11.7. The van der Waals surface area contributed by atoms with Crippen LogP contribution < -0.4 is 15.1 Å². The maximum absolute atomic E-state index is 11.7. The standard InChI is InChI=1S/C15H20ClN3O/c1-2-7-17-15(20)12-18-8-10-19(11-9-18)14-5-3-13(16)4-6-14/h2-6H,1,7-12H2,(H,17,20)/p+1. The number of halogens is 1. The third-order valence-electron chi connectivity index (χ3n) is 3.52. The Kier molecular flexibility index (Phi) is 5.44. The monoisotopic (exact) mass is 294 g/mol. The van der Waals surface area contributed by atoms with Crippen LogP contribution in [0.1, 0.15) is 0 Å². The highest BCUT2D eigenvalue weighted by Gasteiger charge is 2.21. The van der Waals surface area contributed by atoms with Crippen molar-refractivity contribution in [1.82, 2.24) is 5.32 Å². The highest BCUT2D eigenvalue weighted by atomic mass is 35.5. The van der Waals surface area contributed by atoms with Crippen molar-refractivity contribution in [2.75, 3.05) is 44.2 Å². The Morgan fingerprint density at radius 2 is 2.00 bits per heavy atom. The van der Waals surface area contributed by atoms with E-state index in [1.165, 1.54) is 10.6 Å². The van der Waals surface area contributed by atoms with Gasteiger partial charge in [-0.2, -0.15) is 0 Å². The average Bonchev–Trinajstić information content (AvgIpc) is 2.47. The van der Waals surface area contributed by atoms with E-state index >= 15 is 0 Å². The molecule has 0 aromatic heterocycles. The normalized spacial score (nSPS) is 15.9. The molecule has 0 bridgehead atoms. The van der Waals surface area contributed by atoms with Gasteiger partial charge in [-0.1, -0.05) is 17.7 Å². The van der Waals surface area contributed by atoms with Gasteiger partial charge in [0.25, 0.3) is 5.91 Å². The number of nitrogens with zero attached hydrogens (tertiary/aromatic N) is 1. The van der Waals surface area contributed by atoms with Crippen LogP contribution in [-0.2, 0) is 4.79 Å². The molecule has 0 saturated carbocycles. The van der Waals surface area contributed by atoms with E-state index in [0.29, 0.717) is 13.1 Å². The minimum absolute atomic E-state index is 0.0971. The fourth-order valence-corrected chi connectivity index (χ4v) is 2.51. The molecule has 2 N–H and O–H groups in total. The summed E-state index contributed by atoms with van der Waals surface area (Å²) in [6, 6.07) is 7.92. The molecule has 1 amide bonds. The summed E-state index contributed by atoms with van der Waals surface area (Å²) in [7, 11) is 0. The zero-order valence-corrected chi connectivity index (χ0v) is 12.3. The van der Waals surface area contributed by atoms with Crippen molar-refractivity contribution in [3.8, 4) is 0 Å². The zero-order valence-electron chi connectivity index (χ0n) is 11.6. The molecule has 20 heavy (non-hydrogen) atoms. The molecule has 0 radical (unpaired) electrons. The number of anilines is 1. The highest BCUT2D eigenvalue weighted by molar-refractivity contribution is 6.30. The Hall–Kier alpha value is -1.52. The molecular weight excluding hydrogens is 274 g/mol. The van der Waals surface area contributed by atoms with Crippen molar-refractivity contribution in [1.29, 1.82) is 0 Å². The smallest absolute Gasteiger partial charge is 0.275 e.